The molecule has 3 aromatic heterocycles. The van der Waals surface area contributed by atoms with Crippen LogP contribution in [0.3, 0.4) is 0 Å². The van der Waals surface area contributed by atoms with Gasteiger partial charge in [-0.1, -0.05) is 47.7 Å². The number of benzene rings is 2. The second kappa shape index (κ2) is 7.21. The molecule has 1 N–H and O–H groups in total. The van der Waals surface area contributed by atoms with E-state index in [1.165, 1.54) is 17.3 Å². The van der Waals surface area contributed by atoms with E-state index in [1.54, 1.807) is 0 Å². The molecule has 0 spiro atoms. The van der Waals surface area contributed by atoms with Gasteiger partial charge in [-0.25, -0.2) is 0 Å². The summed E-state index contributed by atoms with van der Waals surface area (Å²) in [5.41, 5.74) is 3.98. The van der Waals surface area contributed by atoms with Crippen LogP contribution in [0.25, 0.3) is 33.8 Å². The molecule has 0 fully saturated rings. The fourth-order valence-corrected chi connectivity index (χ4v) is 3.74. The largest absolute Gasteiger partial charge is 0.419 e. The van der Waals surface area contributed by atoms with Gasteiger partial charge in [-0.05, 0) is 32.0 Å². The van der Waals surface area contributed by atoms with Crippen molar-refractivity contribution < 1.29 is 8.83 Å². The van der Waals surface area contributed by atoms with E-state index in [-0.39, 0.29) is 5.25 Å². The van der Waals surface area contributed by atoms with Crippen LogP contribution in [0.1, 0.15) is 23.6 Å². The number of aromatic nitrogens is 5. The fraction of sp³-hybridized carbons (Fsp3) is 0.143. The zero-order valence-electron chi connectivity index (χ0n) is 15.8. The number of para-hydroxylation sites is 1. The van der Waals surface area contributed by atoms with Crippen molar-refractivity contribution >= 4 is 22.7 Å². The zero-order chi connectivity index (χ0) is 19.8. The molecule has 5 aromatic rings. The Balaban J connectivity index is 1.34. The van der Waals surface area contributed by atoms with Crippen molar-refractivity contribution in [1.29, 1.82) is 0 Å². The summed E-state index contributed by atoms with van der Waals surface area (Å²) in [6.45, 7) is 4.00. The van der Waals surface area contributed by atoms with Gasteiger partial charge in [0.05, 0.1) is 10.8 Å². The molecule has 3 heterocycles. The minimum Gasteiger partial charge on any atom is -0.419 e. The van der Waals surface area contributed by atoms with Crippen LogP contribution in [-0.4, -0.2) is 25.4 Å². The molecule has 0 aliphatic rings. The van der Waals surface area contributed by atoms with E-state index in [0.717, 1.165) is 22.0 Å². The number of aryl methyl sites for hydroxylation is 1. The van der Waals surface area contributed by atoms with E-state index in [9.17, 15) is 0 Å². The van der Waals surface area contributed by atoms with Crippen LogP contribution in [0.4, 0.5) is 0 Å². The Morgan fingerprint density at radius 2 is 1.69 bits per heavy atom. The Hall–Kier alpha value is -3.39. The Morgan fingerprint density at radius 1 is 0.897 bits per heavy atom. The number of nitrogens with one attached hydrogen (secondary N) is 1. The van der Waals surface area contributed by atoms with Gasteiger partial charge in [0.15, 0.2) is 0 Å². The van der Waals surface area contributed by atoms with E-state index in [2.05, 4.69) is 25.4 Å². The van der Waals surface area contributed by atoms with E-state index in [0.29, 0.717) is 22.9 Å². The highest BCUT2D eigenvalue weighted by Gasteiger charge is 2.20. The Labute approximate surface area is 170 Å². The number of nitrogens with zero attached hydrogens (tertiary/aromatic N) is 4. The van der Waals surface area contributed by atoms with Crippen molar-refractivity contribution in [3.05, 3.63) is 66.2 Å². The molecule has 1 atom stereocenters. The smallest absolute Gasteiger partial charge is 0.277 e. The van der Waals surface area contributed by atoms with Crippen LogP contribution < -0.4 is 0 Å². The lowest BCUT2D eigenvalue weighted by Crippen LogP contribution is -1.88. The monoisotopic (exact) mass is 403 g/mol. The SMILES string of the molecule is Cc1ccc(-c2nnc([C@H](C)Sc3nnc(-c4c[nH]c5ccccc45)o3)o2)cc1. The average molecular weight is 403 g/mol. The van der Waals surface area contributed by atoms with Gasteiger partial charge in [0.2, 0.25) is 11.8 Å². The molecule has 0 saturated carbocycles. The topological polar surface area (TPSA) is 93.6 Å². The standard InChI is InChI=1S/C21H17N5O2S/c1-12-7-9-14(10-8-12)19-24-23-18(27-19)13(2)29-21-26-25-20(28-21)16-11-22-17-6-4-3-5-15(16)17/h3-11,13,22H,1-2H3/t13-/m0/s1. The van der Waals surface area contributed by atoms with Crippen LogP contribution in [0.5, 0.6) is 0 Å². The van der Waals surface area contributed by atoms with Crippen molar-refractivity contribution in [3.8, 4) is 22.9 Å². The number of aromatic amines is 1. The third-order valence-electron chi connectivity index (χ3n) is 4.59. The molecular formula is C21H17N5O2S. The fourth-order valence-electron chi connectivity index (χ4n) is 3.03. The lowest BCUT2D eigenvalue weighted by Gasteiger charge is -2.01. The molecule has 0 aliphatic carbocycles. The molecule has 0 radical (unpaired) electrons. The first kappa shape index (κ1) is 17.7. The predicted molar refractivity (Wildman–Crippen MR) is 110 cm³/mol. The van der Waals surface area contributed by atoms with Gasteiger partial charge in [0, 0.05) is 22.7 Å². The number of fused-ring (bicyclic) bond motifs is 1. The molecule has 29 heavy (non-hydrogen) atoms. The van der Waals surface area contributed by atoms with Crippen LogP contribution in [0.15, 0.2) is 68.8 Å². The van der Waals surface area contributed by atoms with Gasteiger partial charge in [0.25, 0.3) is 11.1 Å². The molecule has 8 heteroatoms. The quantitative estimate of drug-likeness (QED) is 0.391. The summed E-state index contributed by atoms with van der Waals surface area (Å²) < 4.78 is 11.7. The van der Waals surface area contributed by atoms with Gasteiger partial charge < -0.3 is 13.8 Å². The van der Waals surface area contributed by atoms with Gasteiger partial charge >= 0.3 is 0 Å². The lowest BCUT2D eigenvalue weighted by molar-refractivity contribution is 0.461. The number of hydrogen-bond donors (Lipinski definition) is 1. The lowest BCUT2D eigenvalue weighted by atomic mass is 10.1. The van der Waals surface area contributed by atoms with Crippen LogP contribution in [0, 0.1) is 6.92 Å². The molecule has 0 bridgehead atoms. The molecule has 5 rings (SSSR count). The third kappa shape index (κ3) is 3.42. The summed E-state index contributed by atoms with van der Waals surface area (Å²) in [7, 11) is 0. The zero-order valence-corrected chi connectivity index (χ0v) is 16.6. The maximum atomic E-state index is 5.86. The third-order valence-corrected chi connectivity index (χ3v) is 5.51. The highest BCUT2D eigenvalue weighted by atomic mass is 32.2. The van der Waals surface area contributed by atoms with Crippen LogP contribution in [0.2, 0.25) is 0 Å². The van der Waals surface area contributed by atoms with E-state index < -0.39 is 0 Å². The number of H-pyrrole nitrogens is 1. The molecule has 144 valence electrons. The number of rotatable bonds is 5. The van der Waals surface area contributed by atoms with Crippen LogP contribution in [-0.2, 0) is 0 Å². The highest BCUT2D eigenvalue weighted by Crippen LogP contribution is 2.36. The summed E-state index contributed by atoms with van der Waals surface area (Å²) in [5.74, 6) is 1.48. The van der Waals surface area contributed by atoms with Crippen molar-refractivity contribution in [1.82, 2.24) is 25.4 Å². The number of hydrogen-bond acceptors (Lipinski definition) is 7. The molecular weight excluding hydrogens is 386 g/mol. The van der Waals surface area contributed by atoms with Crippen molar-refractivity contribution in [2.45, 2.75) is 24.3 Å². The maximum absolute atomic E-state index is 5.86. The maximum Gasteiger partial charge on any atom is 0.277 e. The van der Waals surface area contributed by atoms with E-state index >= 15 is 0 Å². The van der Waals surface area contributed by atoms with Crippen molar-refractivity contribution in [3.63, 3.8) is 0 Å². The van der Waals surface area contributed by atoms with Gasteiger partial charge in [0.1, 0.15) is 0 Å². The van der Waals surface area contributed by atoms with Crippen molar-refractivity contribution in [2.24, 2.45) is 0 Å². The summed E-state index contributed by atoms with van der Waals surface area (Å²) >= 11 is 1.38. The summed E-state index contributed by atoms with van der Waals surface area (Å²) in [5, 5.41) is 18.1. The summed E-state index contributed by atoms with van der Waals surface area (Å²) in [6.07, 6.45) is 1.88. The molecule has 0 saturated heterocycles. The Bertz CT molecular complexity index is 1270. The van der Waals surface area contributed by atoms with Crippen molar-refractivity contribution in [2.75, 3.05) is 0 Å². The second-order valence-corrected chi connectivity index (χ2v) is 7.98. The minimum absolute atomic E-state index is 0.127. The normalized spacial score (nSPS) is 12.5. The first-order chi connectivity index (χ1) is 14.2. The Morgan fingerprint density at radius 3 is 2.55 bits per heavy atom. The van der Waals surface area contributed by atoms with Gasteiger partial charge in [-0.2, -0.15) is 0 Å². The summed E-state index contributed by atoms with van der Waals surface area (Å²) in [4.78, 5) is 3.22. The van der Waals surface area contributed by atoms with Crippen LogP contribution >= 0.6 is 11.8 Å². The molecule has 2 aromatic carbocycles. The molecule has 0 amide bonds. The van der Waals surface area contributed by atoms with Gasteiger partial charge in [-0.3, -0.25) is 0 Å². The van der Waals surface area contributed by atoms with Gasteiger partial charge in [-0.15, -0.1) is 20.4 Å². The number of thioether (sulfide) groups is 1. The average Bonchev–Trinajstić information content (AvgIpc) is 3.47. The predicted octanol–water partition coefficient (Wildman–Crippen LogP) is 5.43. The second-order valence-electron chi connectivity index (χ2n) is 6.69. The first-order valence-corrected chi connectivity index (χ1v) is 10.0. The Kier molecular flexibility index (Phi) is 4.40. The molecule has 0 unspecified atom stereocenters. The molecule has 7 nitrogen and oxygen atoms in total. The first-order valence-electron chi connectivity index (χ1n) is 9.14. The minimum atomic E-state index is -0.127. The summed E-state index contributed by atoms with van der Waals surface area (Å²) in [6, 6.07) is 16.0. The van der Waals surface area contributed by atoms with E-state index in [4.69, 9.17) is 8.83 Å². The van der Waals surface area contributed by atoms with E-state index in [1.807, 2.05) is 68.6 Å². The highest BCUT2D eigenvalue weighted by molar-refractivity contribution is 7.99. The molecule has 0 aliphatic heterocycles.